The molecule has 2 aromatic heterocycles. The van der Waals surface area contributed by atoms with Gasteiger partial charge in [-0.15, -0.1) is 0 Å². The Bertz CT molecular complexity index is 673. The van der Waals surface area contributed by atoms with Crippen molar-refractivity contribution in [1.82, 2.24) is 9.97 Å². The van der Waals surface area contributed by atoms with E-state index >= 15 is 0 Å². The van der Waals surface area contributed by atoms with Crippen LogP contribution in [0.1, 0.15) is 5.56 Å². The van der Waals surface area contributed by atoms with Crippen molar-refractivity contribution in [3.63, 3.8) is 0 Å². The van der Waals surface area contributed by atoms with E-state index < -0.39 is 0 Å². The second-order valence-corrected chi connectivity index (χ2v) is 4.23. The molecule has 0 unspecified atom stereocenters. The Morgan fingerprint density at radius 2 is 1.76 bits per heavy atom. The topological polar surface area (TPSA) is 38.9 Å². The van der Waals surface area contributed by atoms with E-state index in [0.717, 1.165) is 5.56 Å². The third-order valence-electron chi connectivity index (χ3n) is 2.52. The van der Waals surface area contributed by atoms with Gasteiger partial charge in [-0.3, -0.25) is 0 Å². The maximum Gasteiger partial charge on any atom is 0.248 e. The number of aromatic nitrogens is 2. The molecule has 0 saturated carbocycles. The molecule has 0 saturated heterocycles. The fourth-order valence-electron chi connectivity index (χ4n) is 1.61. The minimum atomic E-state index is 0.407. The SMILES string of the molecule is Cc1ccc(-c2nc3ccc(Cl)nc3o2)cc1. The number of oxazole rings is 1. The predicted molar refractivity (Wildman–Crippen MR) is 67.0 cm³/mol. The lowest BCUT2D eigenvalue weighted by Crippen LogP contribution is -1.77. The summed E-state index contributed by atoms with van der Waals surface area (Å²) in [7, 11) is 0. The molecule has 0 N–H and O–H groups in total. The first-order chi connectivity index (χ1) is 8.22. The molecule has 3 nitrogen and oxygen atoms in total. The van der Waals surface area contributed by atoms with Crippen LogP contribution < -0.4 is 0 Å². The van der Waals surface area contributed by atoms with E-state index in [1.165, 1.54) is 5.56 Å². The zero-order valence-electron chi connectivity index (χ0n) is 9.14. The van der Waals surface area contributed by atoms with Crippen molar-refractivity contribution in [3.05, 3.63) is 47.1 Å². The van der Waals surface area contributed by atoms with Crippen LogP contribution >= 0.6 is 11.6 Å². The first-order valence-electron chi connectivity index (χ1n) is 5.22. The Hall–Kier alpha value is -1.87. The molecule has 2 heterocycles. The van der Waals surface area contributed by atoms with Crippen LogP contribution in [0.3, 0.4) is 0 Å². The summed E-state index contributed by atoms with van der Waals surface area (Å²) in [6, 6.07) is 11.5. The fraction of sp³-hybridized carbons (Fsp3) is 0.0769. The van der Waals surface area contributed by atoms with Gasteiger partial charge in [0, 0.05) is 5.56 Å². The number of halogens is 1. The molecule has 3 aromatic rings. The molecule has 0 aliphatic rings. The lowest BCUT2D eigenvalue weighted by Gasteiger charge is -1.94. The van der Waals surface area contributed by atoms with Gasteiger partial charge in [0.15, 0.2) is 0 Å². The average molecular weight is 245 g/mol. The van der Waals surface area contributed by atoms with Crippen molar-refractivity contribution in [2.24, 2.45) is 0 Å². The monoisotopic (exact) mass is 244 g/mol. The number of aryl methyl sites for hydroxylation is 1. The molecule has 3 rings (SSSR count). The largest absolute Gasteiger partial charge is 0.418 e. The lowest BCUT2D eigenvalue weighted by atomic mass is 10.1. The second-order valence-electron chi connectivity index (χ2n) is 3.84. The third-order valence-corrected chi connectivity index (χ3v) is 2.73. The fourth-order valence-corrected chi connectivity index (χ4v) is 1.75. The molecule has 0 aliphatic heterocycles. The average Bonchev–Trinajstić information content (AvgIpc) is 2.72. The molecule has 0 aliphatic carbocycles. The number of benzene rings is 1. The summed E-state index contributed by atoms with van der Waals surface area (Å²) in [6.07, 6.45) is 0. The number of nitrogens with zero attached hydrogens (tertiary/aromatic N) is 2. The number of hydrogen-bond acceptors (Lipinski definition) is 3. The summed E-state index contributed by atoms with van der Waals surface area (Å²) >= 11 is 5.80. The van der Waals surface area contributed by atoms with Gasteiger partial charge < -0.3 is 4.42 Å². The Kier molecular flexibility index (Phi) is 2.34. The van der Waals surface area contributed by atoms with Crippen molar-refractivity contribution in [2.75, 3.05) is 0 Å². The van der Waals surface area contributed by atoms with E-state index in [9.17, 15) is 0 Å². The lowest BCUT2D eigenvalue weighted by molar-refractivity contribution is 0.608. The normalized spacial score (nSPS) is 10.9. The summed E-state index contributed by atoms with van der Waals surface area (Å²) in [5.41, 5.74) is 3.31. The zero-order chi connectivity index (χ0) is 11.8. The van der Waals surface area contributed by atoms with Gasteiger partial charge in [-0.25, -0.2) is 4.98 Å². The van der Waals surface area contributed by atoms with Crippen molar-refractivity contribution in [2.45, 2.75) is 6.92 Å². The highest BCUT2D eigenvalue weighted by atomic mass is 35.5. The van der Waals surface area contributed by atoms with Crippen LogP contribution in [-0.2, 0) is 0 Å². The number of hydrogen-bond donors (Lipinski definition) is 0. The quantitative estimate of drug-likeness (QED) is 0.611. The first kappa shape index (κ1) is 10.3. The van der Waals surface area contributed by atoms with Gasteiger partial charge in [0.05, 0.1) is 0 Å². The molecular formula is C13H9ClN2O. The van der Waals surface area contributed by atoms with Gasteiger partial charge in [0.25, 0.3) is 0 Å². The summed E-state index contributed by atoms with van der Waals surface area (Å²) < 4.78 is 5.57. The summed E-state index contributed by atoms with van der Waals surface area (Å²) in [5.74, 6) is 0.565. The van der Waals surface area contributed by atoms with E-state index in [4.69, 9.17) is 16.0 Å². The second kappa shape index (κ2) is 3.86. The van der Waals surface area contributed by atoms with E-state index in [0.29, 0.717) is 22.3 Å². The molecular weight excluding hydrogens is 236 g/mol. The van der Waals surface area contributed by atoms with Crippen LogP contribution in [0.25, 0.3) is 22.7 Å². The van der Waals surface area contributed by atoms with E-state index in [1.807, 2.05) is 31.2 Å². The van der Waals surface area contributed by atoms with Gasteiger partial charge >= 0.3 is 0 Å². The molecule has 1 aromatic carbocycles. The third kappa shape index (κ3) is 1.89. The van der Waals surface area contributed by atoms with Crippen molar-refractivity contribution in [1.29, 1.82) is 0 Å². The van der Waals surface area contributed by atoms with Crippen molar-refractivity contribution >= 4 is 22.8 Å². The van der Waals surface area contributed by atoms with Crippen molar-refractivity contribution in [3.8, 4) is 11.5 Å². The van der Waals surface area contributed by atoms with E-state index in [-0.39, 0.29) is 0 Å². The van der Waals surface area contributed by atoms with Crippen molar-refractivity contribution < 1.29 is 4.42 Å². The van der Waals surface area contributed by atoms with Crippen LogP contribution in [0.5, 0.6) is 0 Å². The highest BCUT2D eigenvalue weighted by Gasteiger charge is 2.09. The van der Waals surface area contributed by atoms with Gasteiger partial charge in [0.1, 0.15) is 10.7 Å². The maximum absolute atomic E-state index is 5.80. The molecule has 17 heavy (non-hydrogen) atoms. The van der Waals surface area contributed by atoms with Crippen LogP contribution in [0.4, 0.5) is 0 Å². The molecule has 0 atom stereocenters. The molecule has 84 valence electrons. The van der Waals surface area contributed by atoms with Gasteiger partial charge in [-0.2, -0.15) is 4.98 Å². The van der Waals surface area contributed by atoms with Gasteiger partial charge in [-0.05, 0) is 31.2 Å². The number of pyridine rings is 1. The van der Waals surface area contributed by atoms with Crippen LogP contribution in [0.15, 0.2) is 40.8 Å². The molecule has 0 bridgehead atoms. The summed E-state index contributed by atoms with van der Waals surface area (Å²) in [4.78, 5) is 8.44. The number of rotatable bonds is 1. The zero-order valence-corrected chi connectivity index (χ0v) is 9.90. The highest BCUT2D eigenvalue weighted by Crippen LogP contribution is 2.24. The standard InChI is InChI=1S/C13H9ClN2O/c1-8-2-4-9(5-3-8)12-15-10-6-7-11(14)16-13(10)17-12/h2-7H,1H3. The molecule has 0 amide bonds. The predicted octanol–water partition coefficient (Wildman–Crippen LogP) is 3.85. The van der Waals surface area contributed by atoms with Crippen LogP contribution in [0, 0.1) is 6.92 Å². The van der Waals surface area contributed by atoms with Gasteiger partial charge in [-0.1, -0.05) is 29.3 Å². The summed E-state index contributed by atoms with van der Waals surface area (Å²) in [5, 5.41) is 0.407. The molecule has 0 spiro atoms. The molecule has 4 heteroatoms. The Labute approximate surface area is 103 Å². The molecule has 0 radical (unpaired) electrons. The first-order valence-corrected chi connectivity index (χ1v) is 5.60. The minimum Gasteiger partial charge on any atom is -0.418 e. The highest BCUT2D eigenvalue weighted by molar-refractivity contribution is 6.29. The van der Waals surface area contributed by atoms with E-state index in [2.05, 4.69) is 9.97 Å². The Balaban J connectivity index is 2.14. The Morgan fingerprint density at radius 1 is 1.00 bits per heavy atom. The van der Waals surface area contributed by atoms with Gasteiger partial charge in [0.2, 0.25) is 11.6 Å². The smallest absolute Gasteiger partial charge is 0.248 e. The number of fused-ring (bicyclic) bond motifs is 1. The molecule has 0 fully saturated rings. The maximum atomic E-state index is 5.80. The minimum absolute atomic E-state index is 0.407. The summed E-state index contributed by atoms with van der Waals surface area (Å²) in [6.45, 7) is 2.04. The van der Waals surface area contributed by atoms with E-state index in [1.54, 1.807) is 12.1 Å². The van der Waals surface area contributed by atoms with Crippen LogP contribution in [0.2, 0.25) is 5.15 Å². The Morgan fingerprint density at radius 3 is 2.53 bits per heavy atom. The van der Waals surface area contributed by atoms with Crippen LogP contribution in [-0.4, -0.2) is 9.97 Å².